The first-order chi connectivity index (χ1) is 10.1. The van der Waals surface area contributed by atoms with Gasteiger partial charge in [0.1, 0.15) is 5.82 Å². The van der Waals surface area contributed by atoms with Crippen molar-refractivity contribution in [3.8, 4) is 11.4 Å². The number of pyridine rings is 1. The van der Waals surface area contributed by atoms with Gasteiger partial charge in [-0.2, -0.15) is 14.6 Å². The lowest BCUT2D eigenvalue weighted by atomic mass is 10.1. The zero-order valence-corrected chi connectivity index (χ0v) is 12.0. The summed E-state index contributed by atoms with van der Waals surface area (Å²) in [5.41, 5.74) is 2.26. The summed E-state index contributed by atoms with van der Waals surface area (Å²) in [7, 11) is 1.76. The molecular formula is C14H15FN6. The molecule has 0 radical (unpaired) electrons. The molecule has 21 heavy (non-hydrogen) atoms. The van der Waals surface area contributed by atoms with Crippen LogP contribution in [0, 0.1) is 5.82 Å². The topological polar surface area (TPSA) is 68.0 Å². The van der Waals surface area contributed by atoms with Crippen molar-refractivity contribution in [3.05, 3.63) is 36.0 Å². The average Bonchev–Trinajstić information content (AvgIpc) is 2.90. The molecule has 0 amide bonds. The van der Waals surface area contributed by atoms with E-state index < -0.39 is 5.82 Å². The van der Waals surface area contributed by atoms with Gasteiger partial charge in [-0.25, -0.2) is 9.37 Å². The molecule has 108 valence electrons. The molecule has 0 aromatic carbocycles. The van der Waals surface area contributed by atoms with Crippen molar-refractivity contribution in [2.24, 2.45) is 0 Å². The predicted octanol–water partition coefficient (Wildman–Crippen LogP) is 2.49. The second kappa shape index (κ2) is 5.08. The van der Waals surface area contributed by atoms with Crippen LogP contribution in [0.4, 0.5) is 10.3 Å². The first kappa shape index (κ1) is 13.4. The Kier molecular flexibility index (Phi) is 3.25. The lowest BCUT2D eigenvalue weighted by Crippen LogP contribution is -2.06. The summed E-state index contributed by atoms with van der Waals surface area (Å²) in [6, 6.07) is 1.36. The Labute approximate surface area is 121 Å². The van der Waals surface area contributed by atoms with Gasteiger partial charge in [0.25, 0.3) is 0 Å². The fourth-order valence-corrected chi connectivity index (χ4v) is 2.13. The molecule has 3 aromatic heterocycles. The van der Waals surface area contributed by atoms with Crippen molar-refractivity contribution in [2.45, 2.75) is 19.8 Å². The number of nitrogens with one attached hydrogen (secondary N) is 1. The summed E-state index contributed by atoms with van der Waals surface area (Å²) in [5, 5.41) is 7.28. The number of halogens is 1. The van der Waals surface area contributed by atoms with Gasteiger partial charge in [0.05, 0.1) is 12.4 Å². The lowest BCUT2D eigenvalue weighted by Gasteiger charge is -2.08. The monoisotopic (exact) mass is 286 g/mol. The van der Waals surface area contributed by atoms with Crippen LogP contribution in [0.5, 0.6) is 0 Å². The van der Waals surface area contributed by atoms with Crippen molar-refractivity contribution in [2.75, 3.05) is 12.4 Å². The number of anilines is 1. The number of nitrogens with zero attached hydrogens (tertiary/aromatic N) is 5. The maximum Gasteiger partial charge on any atom is 0.227 e. The number of hydrogen-bond acceptors (Lipinski definition) is 5. The molecule has 0 bridgehead atoms. The molecule has 0 aliphatic carbocycles. The van der Waals surface area contributed by atoms with Crippen LogP contribution < -0.4 is 5.32 Å². The highest BCUT2D eigenvalue weighted by Gasteiger charge is 2.15. The second-order valence-electron chi connectivity index (χ2n) is 5.00. The maximum atomic E-state index is 13.3. The van der Waals surface area contributed by atoms with E-state index in [1.165, 1.54) is 6.07 Å². The van der Waals surface area contributed by atoms with Gasteiger partial charge < -0.3 is 5.32 Å². The third-order valence-corrected chi connectivity index (χ3v) is 3.20. The molecule has 0 atom stereocenters. The van der Waals surface area contributed by atoms with Crippen LogP contribution in [0.1, 0.15) is 25.3 Å². The summed E-state index contributed by atoms with van der Waals surface area (Å²) < 4.78 is 15.0. The number of hydrogen-bond donors (Lipinski definition) is 1. The van der Waals surface area contributed by atoms with E-state index in [1.54, 1.807) is 24.0 Å². The zero-order valence-electron chi connectivity index (χ0n) is 12.0. The van der Waals surface area contributed by atoms with E-state index in [-0.39, 0.29) is 5.92 Å². The first-order valence-electron chi connectivity index (χ1n) is 6.64. The molecule has 7 heteroatoms. The minimum Gasteiger partial charge on any atom is -0.357 e. The SMILES string of the molecule is CNc1nc(-c2cncc(F)c2)nc2c(C(C)C)cnn12. The standard InChI is InChI=1S/C14H15FN6/c1-8(2)11-7-18-21-13(11)19-12(20-14(21)16-3)9-4-10(15)6-17-5-9/h4-8H,1-3H3,(H,16,19,20). The van der Waals surface area contributed by atoms with Gasteiger partial charge in [-0.05, 0) is 12.0 Å². The molecule has 0 aliphatic rings. The highest BCUT2D eigenvalue weighted by molar-refractivity contribution is 5.61. The fraction of sp³-hybridized carbons (Fsp3) is 0.286. The maximum absolute atomic E-state index is 13.3. The van der Waals surface area contributed by atoms with E-state index in [4.69, 9.17) is 0 Å². The van der Waals surface area contributed by atoms with E-state index in [0.29, 0.717) is 23.0 Å². The zero-order chi connectivity index (χ0) is 15.0. The largest absolute Gasteiger partial charge is 0.357 e. The van der Waals surface area contributed by atoms with Crippen LogP contribution in [-0.4, -0.2) is 31.6 Å². The van der Waals surface area contributed by atoms with Gasteiger partial charge >= 0.3 is 0 Å². The van der Waals surface area contributed by atoms with E-state index in [1.807, 2.05) is 0 Å². The smallest absolute Gasteiger partial charge is 0.227 e. The Bertz CT molecular complexity index is 795. The van der Waals surface area contributed by atoms with E-state index in [0.717, 1.165) is 11.8 Å². The molecule has 0 unspecified atom stereocenters. The molecule has 3 heterocycles. The highest BCUT2D eigenvalue weighted by atomic mass is 19.1. The van der Waals surface area contributed by atoms with Crippen LogP contribution in [-0.2, 0) is 0 Å². The normalized spacial score (nSPS) is 11.3. The van der Waals surface area contributed by atoms with Gasteiger partial charge in [0.2, 0.25) is 5.95 Å². The van der Waals surface area contributed by atoms with Gasteiger partial charge in [-0.15, -0.1) is 0 Å². The predicted molar refractivity (Wildman–Crippen MR) is 77.6 cm³/mol. The molecular weight excluding hydrogens is 271 g/mol. The number of rotatable bonds is 3. The summed E-state index contributed by atoms with van der Waals surface area (Å²) in [6.45, 7) is 4.14. The summed E-state index contributed by atoms with van der Waals surface area (Å²) >= 11 is 0. The Hall–Kier alpha value is -2.57. The first-order valence-corrected chi connectivity index (χ1v) is 6.64. The number of aromatic nitrogens is 5. The van der Waals surface area contributed by atoms with Crippen molar-refractivity contribution in [1.29, 1.82) is 0 Å². The third kappa shape index (κ3) is 2.31. The Balaban J connectivity index is 2.26. The minimum atomic E-state index is -0.417. The molecule has 3 aromatic rings. The van der Waals surface area contributed by atoms with Crippen molar-refractivity contribution in [3.63, 3.8) is 0 Å². The van der Waals surface area contributed by atoms with E-state index >= 15 is 0 Å². The lowest BCUT2D eigenvalue weighted by molar-refractivity contribution is 0.622. The van der Waals surface area contributed by atoms with Gasteiger partial charge in [0.15, 0.2) is 11.5 Å². The molecule has 0 aliphatic heterocycles. The quantitative estimate of drug-likeness (QED) is 0.801. The second-order valence-corrected chi connectivity index (χ2v) is 5.00. The van der Waals surface area contributed by atoms with Crippen LogP contribution in [0.2, 0.25) is 0 Å². The molecule has 0 saturated carbocycles. The van der Waals surface area contributed by atoms with Crippen LogP contribution >= 0.6 is 0 Å². The van der Waals surface area contributed by atoms with E-state index in [2.05, 4.69) is 39.2 Å². The van der Waals surface area contributed by atoms with Gasteiger partial charge in [-0.1, -0.05) is 13.8 Å². The van der Waals surface area contributed by atoms with Gasteiger partial charge in [-0.3, -0.25) is 4.98 Å². The molecule has 0 spiro atoms. The van der Waals surface area contributed by atoms with Crippen LogP contribution in [0.3, 0.4) is 0 Å². The molecule has 0 fully saturated rings. The minimum absolute atomic E-state index is 0.278. The van der Waals surface area contributed by atoms with E-state index in [9.17, 15) is 4.39 Å². The van der Waals surface area contributed by atoms with Crippen molar-refractivity contribution < 1.29 is 4.39 Å². The summed E-state index contributed by atoms with van der Waals surface area (Å²) in [6.07, 6.45) is 4.47. The highest BCUT2D eigenvalue weighted by Crippen LogP contribution is 2.24. The Morgan fingerprint density at radius 2 is 2.00 bits per heavy atom. The summed E-state index contributed by atoms with van der Waals surface area (Å²) in [4.78, 5) is 12.7. The van der Waals surface area contributed by atoms with Crippen molar-refractivity contribution in [1.82, 2.24) is 24.6 Å². The fourth-order valence-electron chi connectivity index (χ4n) is 2.13. The molecule has 0 saturated heterocycles. The number of fused-ring (bicyclic) bond motifs is 1. The van der Waals surface area contributed by atoms with Gasteiger partial charge in [0, 0.05) is 24.4 Å². The van der Waals surface area contributed by atoms with Crippen molar-refractivity contribution >= 4 is 11.6 Å². The molecule has 1 N–H and O–H groups in total. The van der Waals surface area contributed by atoms with Crippen LogP contribution in [0.25, 0.3) is 17.0 Å². The average molecular weight is 286 g/mol. The van der Waals surface area contributed by atoms with Crippen LogP contribution in [0.15, 0.2) is 24.7 Å². The molecule has 6 nitrogen and oxygen atoms in total. The molecule has 3 rings (SSSR count). The Morgan fingerprint density at radius 1 is 1.19 bits per heavy atom. The third-order valence-electron chi connectivity index (χ3n) is 3.20. The Morgan fingerprint density at radius 3 is 2.67 bits per heavy atom. The summed E-state index contributed by atoms with van der Waals surface area (Å²) in [5.74, 6) is 0.826.